The van der Waals surface area contributed by atoms with Gasteiger partial charge in [0.25, 0.3) is 0 Å². The number of morpholine rings is 1. The molecule has 1 atom stereocenters. The van der Waals surface area contributed by atoms with Gasteiger partial charge in [0.15, 0.2) is 0 Å². The molecule has 2 aromatic rings. The standard InChI is InChI=1S/C19H27N3O2/c1-13(2)18-20-16(19(3,4)5)11-17(21-18)22-8-10-24-15(12-22)14-7-6-9-23-14/h6-7,9,11,13,15H,8,10,12H2,1-5H3. The highest BCUT2D eigenvalue weighted by molar-refractivity contribution is 5.42. The molecular formula is C19H27N3O2. The van der Waals surface area contributed by atoms with Gasteiger partial charge >= 0.3 is 0 Å². The van der Waals surface area contributed by atoms with Crippen LogP contribution in [0.15, 0.2) is 28.9 Å². The predicted molar refractivity (Wildman–Crippen MR) is 94.4 cm³/mol. The first-order valence-electron chi connectivity index (χ1n) is 8.64. The Labute approximate surface area is 144 Å². The lowest BCUT2D eigenvalue weighted by Gasteiger charge is -2.33. The van der Waals surface area contributed by atoms with Gasteiger partial charge in [-0.3, -0.25) is 0 Å². The maximum absolute atomic E-state index is 5.87. The number of aromatic nitrogens is 2. The van der Waals surface area contributed by atoms with E-state index in [9.17, 15) is 0 Å². The van der Waals surface area contributed by atoms with Crippen molar-refractivity contribution in [3.63, 3.8) is 0 Å². The van der Waals surface area contributed by atoms with Crippen LogP contribution in [0.5, 0.6) is 0 Å². The topological polar surface area (TPSA) is 51.4 Å². The molecule has 1 fully saturated rings. The minimum Gasteiger partial charge on any atom is -0.467 e. The van der Waals surface area contributed by atoms with Crippen LogP contribution < -0.4 is 4.90 Å². The van der Waals surface area contributed by atoms with Gasteiger partial charge in [0.1, 0.15) is 23.5 Å². The number of nitrogens with zero attached hydrogens (tertiary/aromatic N) is 3. The third-order valence-electron chi connectivity index (χ3n) is 4.27. The van der Waals surface area contributed by atoms with Crippen LogP contribution in [-0.4, -0.2) is 29.7 Å². The van der Waals surface area contributed by atoms with E-state index >= 15 is 0 Å². The van der Waals surface area contributed by atoms with E-state index < -0.39 is 0 Å². The smallest absolute Gasteiger partial charge is 0.134 e. The Bertz CT molecular complexity index is 674. The van der Waals surface area contributed by atoms with E-state index in [0.717, 1.165) is 36.2 Å². The quantitative estimate of drug-likeness (QED) is 0.849. The van der Waals surface area contributed by atoms with Crippen molar-refractivity contribution in [1.29, 1.82) is 0 Å². The van der Waals surface area contributed by atoms with E-state index in [1.807, 2.05) is 12.1 Å². The van der Waals surface area contributed by atoms with Gasteiger partial charge in [0, 0.05) is 23.9 Å². The summed E-state index contributed by atoms with van der Waals surface area (Å²) in [4.78, 5) is 11.9. The van der Waals surface area contributed by atoms with Crippen molar-refractivity contribution in [3.05, 3.63) is 41.7 Å². The second-order valence-electron chi connectivity index (χ2n) is 7.70. The second-order valence-corrected chi connectivity index (χ2v) is 7.70. The number of rotatable bonds is 3. The largest absolute Gasteiger partial charge is 0.467 e. The van der Waals surface area contributed by atoms with E-state index in [4.69, 9.17) is 19.1 Å². The van der Waals surface area contributed by atoms with Crippen LogP contribution in [0.2, 0.25) is 0 Å². The number of hydrogen-bond acceptors (Lipinski definition) is 5. The van der Waals surface area contributed by atoms with Crippen LogP contribution in [-0.2, 0) is 10.2 Å². The van der Waals surface area contributed by atoms with Gasteiger partial charge in [-0.15, -0.1) is 0 Å². The average molecular weight is 329 g/mol. The lowest BCUT2D eigenvalue weighted by molar-refractivity contribution is 0.0254. The van der Waals surface area contributed by atoms with Crippen molar-refractivity contribution in [2.24, 2.45) is 0 Å². The molecule has 130 valence electrons. The Morgan fingerprint density at radius 1 is 1.25 bits per heavy atom. The molecule has 1 aliphatic rings. The summed E-state index contributed by atoms with van der Waals surface area (Å²) < 4.78 is 11.4. The summed E-state index contributed by atoms with van der Waals surface area (Å²) in [5.74, 6) is 3.05. The zero-order valence-corrected chi connectivity index (χ0v) is 15.2. The number of hydrogen-bond donors (Lipinski definition) is 0. The van der Waals surface area contributed by atoms with E-state index in [2.05, 4.69) is 45.6 Å². The molecule has 5 heteroatoms. The fourth-order valence-corrected chi connectivity index (χ4v) is 2.76. The Hall–Kier alpha value is -1.88. The summed E-state index contributed by atoms with van der Waals surface area (Å²) in [6.07, 6.45) is 1.64. The lowest BCUT2D eigenvalue weighted by Crippen LogP contribution is -2.39. The highest BCUT2D eigenvalue weighted by Gasteiger charge is 2.27. The van der Waals surface area contributed by atoms with E-state index in [0.29, 0.717) is 12.5 Å². The average Bonchev–Trinajstić information content (AvgIpc) is 3.08. The summed E-state index contributed by atoms with van der Waals surface area (Å²) in [5, 5.41) is 0. The third-order valence-corrected chi connectivity index (χ3v) is 4.27. The fraction of sp³-hybridized carbons (Fsp3) is 0.579. The Morgan fingerprint density at radius 3 is 2.67 bits per heavy atom. The zero-order valence-electron chi connectivity index (χ0n) is 15.2. The van der Waals surface area contributed by atoms with Crippen LogP contribution >= 0.6 is 0 Å². The highest BCUT2D eigenvalue weighted by Crippen LogP contribution is 2.29. The molecule has 0 saturated carbocycles. The van der Waals surface area contributed by atoms with E-state index in [-0.39, 0.29) is 11.5 Å². The second kappa shape index (κ2) is 6.55. The summed E-state index contributed by atoms with van der Waals surface area (Å²) >= 11 is 0. The van der Waals surface area contributed by atoms with Crippen LogP contribution in [0.3, 0.4) is 0 Å². The molecule has 5 nitrogen and oxygen atoms in total. The Balaban J connectivity index is 1.91. The van der Waals surface area contributed by atoms with Crippen molar-refractivity contribution in [1.82, 2.24) is 9.97 Å². The van der Waals surface area contributed by atoms with Crippen LogP contribution in [0, 0.1) is 0 Å². The van der Waals surface area contributed by atoms with Gasteiger partial charge < -0.3 is 14.1 Å². The lowest BCUT2D eigenvalue weighted by atomic mass is 9.91. The maximum atomic E-state index is 5.87. The van der Waals surface area contributed by atoms with Gasteiger partial charge in [-0.2, -0.15) is 0 Å². The SMILES string of the molecule is CC(C)c1nc(N2CCOC(c3ccco3)C2)cc(C(C)(C)C)n1. The minimum absolute atomic E-state index is 0.00592. The first kappa shape index (κ1) is 17.0. The molecule has 0 amide bonds. The van der Waals surface area contributed by atoms with Gasteiger partial charge in [-0.1, -0.05) is 34.6 Å². The Morgan fingerprint density at radius 2 is 2.04 bits per heavy atom. The summed E-state index contributed by atoms with van der Waals surface area (Å²) in [7, 11) is 0. The molecule has 0 bridgehead atoms. The molecule has 3 heterocycles. The fourth-order valence-electron chi connectivity index (χ4n) is 2.76. The van der Waals surface area contributed by atoms with Crippen molar-refractivity contribution in [3.8, 4) is 0 Å². The van der Waals surface area contributed by atoms with E-state index in [1.54, 1.807) is 6.26 Å². The van der Waals surface area contributed by atoms with Crippen LogP contribution in [0.1, 0.15) is 63.9 Å². The molecule has 24 heavy (non-hydrogen) atoms. The number of ether oxygens (including phenoxy) is 1. The van der Waals surface area contributed by atoms with Crippen LogP contribution in [0.4, 0.5) is 5.82 Å². The maximum Gasteiger partial charge on any atom is 0.134 e. The number of furan rings is 1. The first-order chi connectivity index (χ1) is 11.3. The molecule has 1 unspecified atom stereocenters. The predicted octanol–water partition coefficient (Wildman–Crippen LogP) is 4.07. The summed E-state index contributed by atoms with van der Waals surface area (Å²) in [6, 6.07) is 5.99. The van der Waals surface area contributed by atoms with Gasteiger partial charge in [0.05, 0.1) is 25.1 Å². The van der Waals surface area contributed by atoms with Crippen molar-refractivity contribution in [2.45, 2.75) is 52.1 Å². The molecular weight excluding hydrogens is 302 g/mol. The molecule has 0 aliphatic carbocycles. The Kier molecular flexibility index (Phi) is 4.63. The molecule has 0 N–H and O–H groups in total. The molecule has 1 aliphatic heterocycles. The molecule has 3 rings (SSSR count). The van der Waals surface area contributed by atoms with Gasteiger partial charge in [-0.05, 0) is 12.1 Å². The number of anilines is 1. The molecule has 0 spiro atoms. The van der Waals surface area contributed by atoms with Crippen molar-refractivity contribution < 1.29 is 9.15 Å². The van der Waals surface area contributed by atoms with Crippen molar-refractivity contribution in [2.75, 3.05) is 24.6 Å². The third kappa shape index (κ3) is 3.61. The van der Waals surface area contributed by atoms with E-state index in [1.165, 1.54) is 0 Å². The molecule has 2 aromatic heterocycles. The monoisotopic (exact) mass is 329 g/mol. The van der Waals surface area contributed by atoms with Gasteiger partial charge in [-0.25, -0.2) is 9.97 Å². The zero-order chi connectivity index (χ0) is 17.3. The summed E-state index contributed by atoms with van der Waals surface area (Å²) in [6.45, 7) is 13.1. The van der Waals surface area contributed by atoms with Crippen LogP contribution in [0.25, 0.3) is 0 Å². The first-order valence-corrected chi connectivity index (χ1v) is 8.64. The normalized spacial score (nSPS) is 19.1. The summed E-state index contributed by atoms with van der Waals surface area (Å²) in [5.41, 5.74) is 1.07. The molecule has 0 aromatic carbocycles. The minimum atomic E-state index is -0.0516. The molecule has 0 radical (unpaired) electrons. The highest BCUT2D eigenvalue weighted by atomic mass is 16.5. The molecule has 1 saturated heterocycles. The van der Waals surface area contributed by atoms with Crippen molar-refractivity contribution >= 4 is 5.82 Å². The van der Waals surface area contributed by atoms with Gasteiger partial charge in [0.2, 0.25) is 0 Å².